The van der Waals surface area contributed by atoms with Gasteiger partial charge in [-0.15, -0.1) is 0 Å². The van der Waals surface area contributed by atoms with Gasteiger partial charge in [-0.3, -0.25) is 4.79 Å². The van der Waals surface area contributed by atoms with Crippen LogP contribution < -0.4 is 0 Å². The van der Waals surface area contributed by atoms with Gasteiger partial charge in [0.05, 0.1) is 12.1 Å². The van der Waals surface area contributed by atoms with E-state index in [-0.39, 0.29) is 5.91 Å². The second-order valence-corrected chi connectivity index (χ2v) is 7.00. The van der Waals surface area contributed by atoms with Crippen LogP contribution in [-0.4, -0.2) is 17.4 Å². The molecule has 1 aliphatic rings. The third-order valence-electron chi connectivity index (χ3n) is 4.51. The van der Waals surface area contributed by atoms with E-state index in [0.717, 1.165) is 46.3 Å². The Balaban J connectivity index is 2.23. The molecule has 2 aromatic carbocycles. The van der Waals surface area contributed by atoms with E-state index in [1.54, 1.807) is 0 Å². The monoisotopic (exact) mass is 383 g/mol. The molecule has 0 bridgehead atoms. The van der Waals surface area contributed by atoms with Crippen LogP contribution in [0.4, 0.5) is 0 Å². The van der Waals surface area contributed by atoms with E-state index in [1.165, 1.54) is 5.56 Å². The van der Waals surface area contributed by atoms with E-state index < -0.39 is 0 Å². The minimum atomic E-state index is 0.170. The number of rotatable bonds is 4. The summed E-state index contributed by atoms with van der Waals surface area (Å²) in [5.74, 6) is 0.170. The van der Waals surface area contributed by atoms with Gasteiger partial charge in [-0.2, -0.15) is 0 Å². The highest BCUT2D eigenvalue weighted by Gasteiger charge is 2.28. The van der Waals surface area contributed by atoms with Gasteiger partial charge in [-0.05, 0) is 46.0 Å². The molecule has 2 aromatic rings. The lowest BCUT2D eigenvalue weighted by Crippen LogP contribution is -2.31. The van der Waals surface area contributed by atoms with Crippen molar-refractivity contribution in [2.24, 2.45) is 0 Å². The summed E-state index contributed by atoms with van der Waals surface area (Å²) in [5.41, 5.74) is 5.49. The zero-order valence-corrected chi connectivity index (χ0v) is 15.8. The summed E-state index contributed by atoms with van der Waals surface area (Å²) in [5, 5.41) is 0. The lowest BCUT2D eigenvalue weighted by atomic mass is 10.0. The topological polar surface area (TPSA) is 20.3 Å². The Morgan fingerprint density at radius 1 is 1.04 bits per heavy atom. The average Bonchev–Trinajstić information content (AvgIpc) is 2.69. The van der Waals surface area contributed by atoms with Gasteiger partial charge in [0.1, 0.15) is 0 Å². The first-order chi connectivity index (χ1) is 11.6. The Kier molecular flexibility index (Phi) is 5.20. The molecular weight excluding hydrogens is 362 g/mol. The van der Waals surface area contributed by atoms with Crippen LogP contribution in [0.25, 0.3) is 10.2 Å². The molecule has 2 nitrogen and oxygen atoms in total. The Morgan fingerprint density at radius 3 is 2.42 bits per heavy atom. The number of halogens is 1. The van der Waals surface area contributed by atoms with E-state index in [0.29, 0.717) is 6.42 Å². The number of aryl methyl sites for hydroxylation is 1. The van der Waals surface area contributed by atoms with Crippen LogP contribution in [-0.2, 0) is 11.2 Å². The maximum Gasteiger partial charge on any atom is 0.231 e. The summed E-state index contributed by atoms with van der Waals surface area (Å²) in [7, 11) is 0. The highest BCUT2D eigenvalue weighted by molar-refractivity contribution is 9.15. The molecule has 0 spiro atoms. The number of hydrogen-bond acceptors (Lipinski definition) is 1. The molecule has 0 aromatic heterocycles. The summed E-state index contributed by atoms with van der Waals surface area (Å²) in [6.45, 7) is 5.01. The van der Waals surface area contributed by atoms with Crippen molar-refractivity contribution in [2.45, 2.75) is 33.1 Å². The maximum absolute atomic E-state index is 13.0. The van der Waals surface area contributed by atoms with E-state index in [2.05, 4.69) is 48.0 Å². The van der Waals surface area contributed by atoms with Crippen LogP contribution in [0, 0.1) is 6.92 Å². The number of carbonyl (C=O) groups excluding carboxylic acids is 1. The Morgan fingerprint density at radius 2 is 1.71 bits per heavy atom. The number of fused-ring (bicyclic) bond motifs is 1. The zero-order valence-electron chi connectivity index (χ0n) is 14.2. The molecule has 0 aliphatic carbocycles. The minimum Gasteiger partial charge on any atom is -0.310 e. The number of carbonyl (C=O) groups is 1. The van der Waals surface area contributed by atoms with Crippen LogP contribution in [0.2, 0.25) is 0 Å². The summed E-state index contributed by atoms with van der Waals surface area (Å²) < 4.78 is 1.01. The van der Waals surface area contributed by atoms with Gasteiger partial charge < -0.3 is 4.90 Å². The first-order valence-corrected chi connectivity index (χ1v) is 9.27. The van der Waals surface area contributed by atoms with Gasteiger partial charge in [-0.1, -0.05) is 61.9 Å². The van der Waals surface area contributed by atoms with Crippen molar-refractivity contribution < 1.29 is 4.79 Å². The molecular formula is C21H22BrNO. The van der Waals surface area contributed by atoms with E-state index in [4.69, 9.17) is 0 Å². The molecule has 124 valence electrons. The van der Waals surface area contributed by atoms with Crippen molar-refractivity contribution in [3.63, 3.8) is 0 Å². The van der Waals surface area contributed by atoms with Crippen molar-refractivity contribution in [2.75, 3.05) is 6.54 Å². The molecule has 0 fully saturated rings. The van der Waals surface area contributed by atoms with Gasteiger partial charge in [0.25, 0.3) is 0 Å². The Bertz CT molecular complexity index is 794. The van der Waals surface area contributed by atoms with Crippen LogP contribution in [0.5, 0.6) is 0 Å². The molecule has 0 atom stereocenters. The SMILES string of the molecule is CCCCN1C(=O)Cc2ccccc2C(Br)=C1c1ccccc1C. The van der Waals surface area contributed by atoms with E-state index >= 15 is 0 Å². The van der Waals surface area contributed by atoms with Crippen molar-refractivity contribution in [3.8, 4) is 0 Å². The molecule has 3 heteroatoms. The summed E-state index contributed by atoms with van der Waals surface area (Å²) in [4.78, 5) is 15.0. The molecule has 1 aliphatic heterocycles. The fourth-order valence-corrected chi connectivity index (χ4v) is 3.99. The van der Waals surface area contributed by atoms with E-state index in [1.807, 2.05) is 35.2 Å². The van der Waals surface area contributed by atoms with Gasteiger partial charge in [0, 0.05) is 16.6 Å². The summed E-state index contributed by atoms with van der Waals surface area (Å²) in [6, 6.07) is 16.4. The van der Waals surface area contributed by atoms with Crippen LogP contribution in [0.15, 0.2) is 48.5 Å². The average molecular weight is 384 g/mol. The number of nitrogens with zero attached hydrogens (tertiary/aromatic N) is 1. The van der Waals surface area contributed by atoms with Crippen molar-refractivity contribution in [1.29, 1.82) is 0 Å². The second kappa shape index (κ2) is 7.35. The molecule has 1 amide bonds. The van der Waals surface area contributed by atoms with Gasteiger partial charge in [-0.25, -0.2) is 0 Å². The van der Waals surface area contributed by atoms with Gasteiger partial charge >= 0.3 is 0 Å². The quantitative estimate of drug-likeness (QED) is 0.691. The number of hydrogen-bond donors (Lipinski definition) is 0. The maximum atomic E-state index is 13.0. The third kappa shape index (κ3) is 3.18. The van der Waals surface area contributed by atoms with Crippen LogP contribution >= 0.6 is 15.9 Å². The Labute approximate surface area is 152 Å². The fraction of sp³-hybridized carbons (Fsp3) is 0.286. The molecule has 0 unspecified atom stereocenters. The molecule has 24 heavy (non-hydrogen) atoms. The lowest BCUT2D eigenvalue weighted by molar-refractivity contribution is -0.127. The Hall–Kier alpha value is -1.87. The molecule has 0 N–H and O–H groups in total. The van der Waals surface area contributed by atoms with Crippen molar-refractivity contribution in [3.05, 3.63) is 70.8 Å². The second-order valence-electron chi connectivity index (χ2n) is 6.21. The molecule has 1 heterocycles. The highest BCUT2D eigenvalue weighted by atomic mass is 79.9. The number of amides is 1. The molecule has 3 rings (SSSR count). The predicted molar refractivity (Wildman–Crippen MR) is 104 cm³/mol. The third-order valence-corrected chi connectivity index (χ3v) is 5.31. The zero-order chi connectivity index (χ0) is 17.1. The predicted octanol–water partition coefficient (Wildman–Crippen LogP) is 5.40. The van der Waals surface area contributed by atoms with E-state index in [9.17, 15) is 4.79 Å². The first-order valence-electron chi connectivity index (χ1n) is 8.48. The standard InChI is InChI=1S/C21H22BrNO/c1-3-4-13-23-19(24)14-16-10-6-8-12-18(16)20(22)21(23)17-11-7-5-9-15(17)2/h5-12H,3-4,13-14H2,1-2H3. The summed E-state index contributed by atoms with van der Waals surface area (Å²) in [6.07, 6.45) is 2.51. The number of benzene rings is 2. The van der Waals surface area contributed by atoms with Crippen molar-refractivity contribution >= 4 is 32.0 Å². The van der Waals surface area contributed by atoms with Crippen molar-refractivity contribution in [1.82, 2.24) is 4.90 Å². The largest absolute Gasteiger partial charge is 0.310 e. The normalized spacial score (nSPS) is 14.6. The molecule has 0 radical (unpaired) electrons. The molecule has 0 saturated heterocycles. The smallest absolute Gasteiger partial charge is 0.231 e. The van der Waals surface area contributed by atoms with Gasteiger partial charge in [0.2, 0.25) is 5.91 Å². The van der Waals surface area contributed by atoms with Gasteiger partial charge in [0.15, 0.2) is 0 Å². The van der Waals surface area contributed by atoms with Crippen LogP contribution in [0.1, 0.15) is 42.0 Å². The van der Waals surface area contributed by atoms with Crippen LogP contribution in [0.3, 0.4) is 0 Å². The first kappa shape index (κ1) is 17.0. The summed E-state index contributed by atoms with van der Waals surface area (Å²) >= 11 is 3.82. The fourth-order valence-electron chi connectivity index (χ4n) is 3.17. The minimum absolute atomic E-state index is 0.170. The molecule has 0 saturated carbocycles. The highest BCUT2D eigenvalue weighted by Crippen LogP contribution is 2.39. The lowest BCUT2D eigenvalue weighted by Gasteiger charge is -2.26. The number of unbranched alkanes of at least 4 members (excludes halogenated alkanes) is 1.